The molecule has 2 aromatic carbocycles. The average Bonchev–Trinajstić information content (AvgIpc) is 2.90. The van der Waals surface area contributed by atoms with Crippen LogP contribution in [0.3, 0.4) is 0 Å². The van der Waals surface area contributed by atoms with Crippen molar-refractivity contribution in [1.82, 2.24) is 4.90 Å². The predicted octanol–water partition coefficient (Wildman–Crippen LogP) is 7.11. The summed E-state index contributed by atoms with van der Waals surface area (Å²) in [5, 5.41) is 6.85. The number of carbonyl (C=O) groups excluding carboxylic acids is 1. The highest BCUT2D eigenvalue weighted by Gasteiger charge is 2.32. The normalized spacial score (nSPS) is 16.9. The Balaban J connectivity index is 1.29. The highest BCUT2D eigenvalue weighted by Crippen LogP contribution is 2.30. The van der Waals surface area contributed by atoms with Gasteiger partial charge in [0.15, 0.2) is 11.7 Å². The summed E-state index contributed by atoms with van der Waals surface area (Å²) in [5.74, 6) is 1.31. The highest BCUT2D eigenvalue weighted by atomic mass is 35.5. The topological polar surface area (TPSA) is 53.6 Å². The molecule has 2 aliphatic carbocycles. The number of nitrogens with one attached hydrogen (secondary N) is 2. The van der Waals surface area contributed by atoms with Crippen LogP contribution in [0.25, 0.3) is 0 Å². The van der Waals surface area contributed by atoms with E-state index in [9.17, 15) is 4.79 Å². The predicted molar refractivity (Wildman–Crippen MR) is 148 cm³/mol. The first-order valence-electron chi connectivity index (χ1n) is 12.9. The Morgan fingerprint density at radius 3 is 1.80 bits per heavy atom. The molecule has 4 rings (SSSR count). The summed E-state index contributed by atoms with van der Waals surface area (Å²) in [5.41, 5.74) is 2.81. The third-order valence-electron chi connectivity index (χ3n) is 7.06. The lowest BCUT2D eigenvalue weighted by Gasteiger charge is -2.41. The summed E-state index contributed by atoms with van der Waals surface area (Å²) in [6.45, 7) is 0.0953. The molecule has 2 N–H and O–H groups in total. The molecular weight excluding hydrogens is 478 g/mol. The minimum absolute atomic E-state index is 0.0953. The van der Waals surface area contributed by atoms with Gasteiger partial charge in [0.1, 0.15) is 5.75 Å². The number of alkyl halides is 1. The van der Waals surface area contributed by atoms with Gasteiger partial charge in [0.05, 0.1) is 0 Å². The van der Waals surface area contributed by atoms with E-state index in [1.807, 2.05) is 48.5 Å². The summed E-state index contributed by atoms with van der Waals surface area (Å²) in [4.78, 5) is 15.5. The Morgan fingerprint density at radius 2 is 1.31 bits per heavy atom. The molecule has 0 radical (unpaired) electrons. The van der Waals surface area contributed by atoms with Crippen LogP contribution in [0.15, 0.2) is 48.5 Å². The lowest BCUT2D eigenvalue weighted by Crippen LogP contribution is -2.50. The Kier molecular flexibility index (Phi) is 9.66. The minimum atomic E-state index is 0.0953. The number of carbonyl (C=O) groups is 1. The Morgan fingerprint density at radius 1 is 0.829 bits per heavy atom. The number of thiocarbonyl (C=S) groups is 1. The number of ether oxygens (including phenoxy) is 1. The summed E-state index contributed by atoms with van der Waals surface area (Å²) >= 11 is 11.3. The molecule has 0 bridgehead atoms. The van der Waals surface area contributed by atoms with Crippen LogP contribution < -0.4 is 15.4 Å². The molecular formula is C28H36ClN3O2S. The molecule has 2 fully saturated rings. The highest BCUT2D eigenvalue weighted by molar-refractivity contribution is 7.80. The van der Waals surface area contributed by atoms with Crippen LogP contribution in [-0.4, -0.2) is 34.6 Å². The third kappa shape index (κ3) is 7.58. The molecule has 2 saturated carbocycles. The van der Waals surface area contributed by atoms with Gasteiger partial charge in [-0.1, -0.05) is 50.7 Å². The molecule has 0 unspecified atom stereocenters. The van der Waals surface area contributed by atoms with Crippen LogP contribution in [0.4, 0.5) is 11.4 Å². The maximum Gasteiger partial charge on any atom is 0.261 e. The summed E-state index contributed by atoms with van der Waals surface area (Å²) in [7, 11) is 0. The van der Waals surface area contributed by atoms with E-state index in [4.69, 9.17) is 28.6 Å². The Hall–Kier alpha value is -2.31. The number of nitrogens with zero attached hydrogens (tertiary/aromatic N) is 1. The number of amides is 1. The van der Waals surface area contributed by atoms with Gasteiger partial charge in [0, 0.05) is 29.3 Å². The van der Waals surface area contributed by atoms with Crippen molar-refractivity contribution in [3.63, 3.8) is 0 Å². The van der Waals surface area contributed by atoms with E-state index in [0.717, 1.165) is 42.6 Å². The molecule has 35 heavy (non-hydrogen) atoms. The first-order valence-corrected chi connectivity index (χ1v) is 13.8. The van der Waals surface area contributed by atoms with Crippen molar-refractivity contribution in [2.24, 2.45) is 0 Å². The van der Waals surface area contributed by atoms with Gasteiger partial charge >= 0.3 is 0 Å². The van der Waals surface area contributed by atoms with E-state index in [1.54, 1.807) is 0 Å². The van der Waals surface area contributed by atoms with Crippen LogP contribution in [0, 0.1) is 0 Å². The fourth-order valence-electron chi connectivity index (χ4n) is 5.25. The lowest BCUT2D eigenvalue weighted by atomic mass is 9.88. The number of anilines is 2. The van der Waals surface area contributed by atoms with E-state index in [1.165, 1.54) is 38.5 Å². The largest absolute Gasteiger partial charge is 0.484 e. The van der Waals surface area contributed by atoms with Crippen LogP contribution >= 0.6 is 23.8 Å². The standard InChI is InChI=1S/C28H36ClN3O2S/c29-19-21-11-13-22(14-12-21)30-28(35)31-23-15-17-26(18-16-23)34-20-27(33)32(24-7-3-1-4-8-24)25-9-5-2-6-10-25/h11-18,24-25H,1-10,19-20H2,(H2,30,31,35). The molecule has 5 nitrogen and oxygen atoms in total. The molecule has 0 aromatic heterocycles. The van der Waals surface area contributed by atoms with Crippen molar-refractivity contribution in [1.29, 1.82) is 0 Å². The molecule has 0 heterocycles. The molecule has 7 heteroatoms. The van der Waals surface area contributed by atoms with Gasteiger partial charge in [-0.2, -0.15) is 0 Å². The van der Waals surface area contributed by atoms with E-state index in [0.29, 0.717) is 28.8 Å². The second-order valence-corrected chi connectivity index (χ2v) is 10.3. The number of benzene rings is 2. The molecule has 188 valence electrons. The van der Waals surface area contributed by atoms with Gasteiger partial charge in [-0.3, -0.25) is 4.79 Å². The van der Waals surface area contributed by atoms with Crippen molar-refractivity contribution in [2.45, 2.75) is 82.2 Å². The zero-order valence-corrected chi connectivity index (χ0v) is 21.9. The summed E-state index contributed by atoms with van der Waals surface area (Å²) < 4.78 is 5.93. The first-order chi connectivity index (χ1) is 17.1. The van der Waals surface area contributed by atoms with Crippen molar-refractivity contribution in [2.75, 3.05) is 17.2 Å². The van der Waals surface area contributed by atoms with E-state index in [2.05, 4.69) is 15.5 Å². The Labute approximate surface area is 219 Å². The van der Waals surface area contributed by atoms with Crippen LogP contribution in [-0.2, 0) is 10.7 Å². The van der Waals surface area contributed by atoms with Gasteiger partial charge in [-0.25, -0.2) is 0 Å². The van der Waals surface area contributed by atoms with Crippen molar-refractivity contribution in [3.05, 3.63) is 54.1 Å². The second kappa shape index (κ2) is 13.1. The van der Waals surface area contributed by atoms with Crippen LogP contribution in [0.5, 0.6) is 5.75 Å². The molecule has 0 spiro atoms. The van der Waals surface area contributed by atoms with Gasteiger partial charge in [-0.15, -0.1) is 11.6 Å². The van der Waals surface area contributed by atoms with Crippen molar-refractivity contribution >= 4 is 46.2 Å². The fourth-order valence-corrected chi connectivity index (χ4v) is 5.66. The van der Waals surface area contributed by atoms with Crippen LogP contribution in [0.1, 0.15) is 69.8 Å². The molecule has 0 saturated heterocycles. The first kappa shape index (κ1) is 25.8. The molecule has 0 atom stereocenters. The van der Waals surface area contributed by atoms with Gasteiger partial charge in [-0.05, 0) is 79.9 Å². The van der Waals surface area contributed by atoms with Crippen molar-refractivity contribution in [3.8, 4) is 5.75 Å². The zero-order chi connectivity index (χ0) is 24.5. The maximum absolute atomic E-state index is 13.3. The number of halogens is 1. The molecule has 0 aliphatic heterocycles. The molecule has 2 aliphatic rings. The van der Waals surface area contributed by atoms with Gasteiger partial charge < -0.3 is 20.3 Å². The molecule has 2 aromatic rings. The van der Waals surface area contributed by atoms with Crippen molar-refractivity contribution < 1.29 is 9.53 Å². The SMILES string of the molecule is O=C(COc1ccc(NC(=S)Nc2ccc(CCl)cc2)cc1)N(C1CCCCC1)C1CCCCC1. The molecule has 1 amide bonds. The van der Waals surface area contributed by atoms with Gasteiger partial charge in [0.2, 0.25) is 0 Å². The average molecular weight is 514 g/mol. The number of hydrogen-bond donors (Lipinski definition) is 2. The number of hydrogen-bond acceptors (Lipinski definition) is 3. The minimum Gasteiger partial charge on any atom is -0.484 e. The lowest BCUT2D eigenvalue weighted by molar-refractivity contribution is -0.140. The van der Waals surface area contributed by atoms with Gasteiger partial charge in [0.25, 0.3) is 5.91 Å². The Bertz CT molecular complexity index is 937. The second-order valence-electron chi connectivity index (χ2n) is 9.61. The van der Waals surface area contributed by atoms with Crippen LogP contribution in [0.2, 0.25) is 0 Å². The summed E-state index contributed by atoms with van der Waals surface area (Å²) in [6.07, 6.45) is 12.0. The van der Waals surface area contributed by atoms with E-state index >= 15 is 0 Å². The fraction of sp³-hybridized carbons (Fsp3) is 0.500. The van der Waals surface area contributed by atoms with E-state index < -0.39 is 0 Å². The number of rotatable bonds is 8. The maximum atomic E-state index is 13.3. The third-order valence-corrected chi connectivity index (χ3v) is 7.58. The smallest absolute Gasteiger partial charge is 0.261 e. The zero-order valence-electron chi connectivity index (χ0n) is 20.3. The van der Waals surface area contributed by atoms with E-state index in [-0.39, 0.29) is 12.5 Å². The monoisotopic (exact) mass is 513 g/mol. The quantitative estimate of drug-likeness (QED) is 0.291. The summed E-state index contributed by atoms with van der Waals surface area (Å²) in [6, 6.07) is 16.2.